The third-order valence-electron chi connectivity index (χ3n) is 8.86. The molecule has 2 fully saturated rings. The molecular formula is C33H39ClF3N7O3. The molecule has 3 aromatic rings. The van der Waals surface area contributed by atoms with E-state index in [0.717, 1.165) is 62.8 Å². The Kier molecular flexibility index (Phi) is 10.9. The van der Waals surface area contributed by atoms with Crippen LogP contribution < -0.4 is 21.5 Å². The van der Waals surface area contributed by atoms with Crippen molar-refractivity contribution >= 4 is 29.4 Å². The molecule has 10 nitrogen and oxygen atoms in total. The molecule has 5 rings (SSSR count). The monoisotopic (exact) mass is 673 g/mol. The summed E-state index contributed by atoms with van der Waals surface area (Å²) < 4.78 is 44.1. The number of aromatic amines is 1. The van der Waals surface area contributed by atoms with E-state index >= 15 is 0 Å². The summed E-state index contributed by atoms with van der Waals surface area (Å²) in [6.45, 7) is 1.06. The van der Waals surface area contributed by atoms with Crippen LogP contribution in [0.3, 0.4) is 0 Å². The first-order chi connectivity index (χ1) is 22.5. The van der Waals surface area contributed by atoms with E-state index in [0.29, 0.717) is 40.7 Å². The molecule has 1 saturated carbocycles. The summed E-state index contributed by atoms with van der Waals surface area (Å²) in [6, 6.07) is 11.2. The number of nitrogens with two attached hydrogens (primary N) is 2. The van der Waals surface area contributed by atoms with Crippen molar-refractivity contribution in [2.45, 2.75) is 69.7 Å². The number of likely N-dealkylation sites (tertiary alicyclic amines) is 1. The molecule has 47 heavy (non-hydrogen) atoms. The van der Waals surface area contributed by atoms with Gasteiger partial charge in [-0.3, -0.25) is 14.7 Å². The van der Waals surface area contributed by atoms with E-state index in [1.54, 1.807) is 23.1 Å². The second-order valence-corrected chi connectivity index (χ2v) is 12.5. The normalized spacial score (nSPS) is 16.8. The van der Waals surface area contributed by atoms with Gasteiger partial charge in [0.2, 0.25) is 11.8 Å². The minimum Gasteiger partial charge on any atom is -0.489 e. The number of H-pyrrole nitrogens is 1. The molecule has 1 aromatic heterocycles. The van der Waals surface area contributed by atoms with E-state index in [-0.39, 0.29) is 42.8 Å². The van der Waals surface area contributed by atoms with Crippen LogP contribution in [0.2, 0.25) is 5.02 Å². The Morgan fingerprint density at radius 2 is 1.74 bits per heavy atom. The number of amides is 2. The highest BCUT2D eigenvalue weighted by atomic mass is 35.5. The molecule has 6 N–H and O–H groups in total. The van der Waals surface area contributed by atoms with Gasteiger partial charge in [-0.15, -0.1) is 0 Å². The smallest absolute Gasteiger partial charge is 0.416 e. The first-order valence-corrected chi connectivity index (χ1v) is 16.1. The zero-order chi connectivity index (χ0) is 33.6. The number of carbonyl (C=O) groups is 2. The molecule has 2 aromatic carbocycles. The molecule has 2 heterocycles. The number of aliphatic imine (C=N–C) groups is 1. The molecule has 0 radical (unpaired) electrons. The highest BCUT2D eigenvalue weighted by Gasteiger charge is 2.32. The van der Waals surface area contributed by atoms with Crippen molar-refractivity contribution in [1.29, 1.82) is 0 Å². The number of alkyl halides is 3. The van der Waals surface area contributed by atoms with Gasteiger partial charge < -0.3 is 26.4 Å². The second-order valence-electron chi connectivity index (χ2n) is 12.1. The van der Waals surface area contributed by atoms with Gasteiger partial charge in [-0.25, -0.2) is 4.99 Å². The van der Waals surface area contributed by atoms with Crippen molar-refractivity contribution in [2.24, 2.45) is 22.4 Å². The summed E-state index contributed by atoms with van der Waals surface area (Å²) in [4.78, 5) is 31.8. The van der Waals surface area contributed by atoms with Crippen LogP contribution in [0, 0.1) is 5.92 Å². The molecule has 1 aliphatic heterocycles. The van der Waals surface area contributed by atoms with Crippen molar-refractivity contribution < 1.29 is 27.5 Å². The minimum atomic E-state index is -4.39. The second kappa shape index (κ2) is 15.1. The maximum atomic E-state index is 12.9. The van der Waals surface area contributed by atoms with Crippen LogP contribution in [-0.2, 0) is 22.4 Å². The van der Waals surface area contributed by atoms with Gasteiger partial charge in [0.05, 0.1) is 22.8 Å². The number of halogens is 4. The maximum Gasteiger partial charge on any atom is 0.416 e. The molecule has 1 atom stereocenters. The fourth-order valence-corrected chi connectivity index (χ4v) is 6.51. The van der Waals surface area contributed by atoms with Crippen LogP contribution in [0.25, 0.3) is 11.3 Å². The molecule has 0 bridgehead atoms. The summed E-state index contributed by atoms with van der Waals surface area (Å²) in [5.41, 5.74) is 13.4. The number of piperidine rings is 1. The lowest BCUT2D eigenvalue weighted by atomic mass is 9.83. The highest BCUT2D eigenvalue weighted by Crippen LogP contribution is 2.34. The van der Waals surface area contributed by atoms with Crippen LogP contribution in [0.4, 0.5) is 13.2 Å². The van der Waals surface area contributed by atoms with E-state index in [9.17, 15) is 22.8 Å². The van der Waals surface area contributed by atoms with Crippen LogP contribution in [-0.4, -0.2) is 58.5 Å². The first kappa shape index (κ1) is 34.1. The van der Waals surface area contributed by atoms with Gasteiger partial charge in [0.15, 0.2) is 5.96 Å². The number of guanidine groups is 1. The van der Waals surface area contributed by atoms with E-state index < -0.39 is 17.8 Å². The number of nitrogens with one attached hydrogen (secondary N) is 2. The molecular weight excluding hydrogens is 635 g/mol. The molecule has 0 unspecified atom stereocenters. The molecule has 0 spiro atoms. The number of aromatic nitrogens is 2. The Bertz CT molecular complexity index is 1560. The standard InChI is InChI=1S/C33H39ClF3N7O3/c34-26-16-24(47-19-20-6-8-23(9-7-20)33(35,36)37)10-11-25(26)28-17-27(42-43-28)21-12-14-44(15-13-21)29(45)18-40-31(46)30(41-32(38)39)22-4-2-1-3-5-22/h6-11,16-17,21-22,30H,1-5,12-15,18-19H2,(H,40,46)(H,42,43)(H4,38,39,41)/t30-/m1/s1. The summed E-state index contributed by atoms with van der Waals surface area (Å²) in [7, 11) is 0. The average Bonchev–Trinajstić information content (AvgIpc) is 3.55. The number of nitrogens with zero attached hydrogens (tertiary/aromatic N) is 3. The average molecular weight is 674 g/mol. The van der Waals surface area contributed by atoms with Crippen LogP contribution in [0.1, 0.15) is 67.7 Å². The number of carbonyl (C=O) groups excluding carboxylic acids is 2. The summed E-state index contributed by atoms with van der Waals surface area (Å²) in [5.74, 6) is 0.103. The van der Waals surface area contributed by atoms with E-state index in [4.69, 9.17) is 27.8 Å². The Balaban J connectivity index is 1.10. The van der Waals surface area contributed by atoms with Crippen molar-refractivity contribution in [2.75, 3.05) is 19.6 Å². The third kappa shape index (κ3) is 8.97. The van der Waals surface area contributed by atoms with Crippen molar-refractivity contribution in [3.8, 4) is 17.0 Å². The molecule has 14 heteroatoms. The quantitative estimate of drug-likeness (QED) is 0.168. The fraction of sp³-hybridized carbons (Fsp3) is 0.455. The molecule has 1 aliphatic carbocycles. The number of ether oxygens (including phenoxy) is 1. The van der Waals surface area contributed by atoms with Crippen molar-refractivity contribution in [1.82, 2.24) is 20.4 Å². The Morgan fingerprint density at radius 3 is 2.38 bits per heavy atom. The number of hydrogen-bond donors (Lipinski definition) is 4. The van der Waals surface area contributed by atoms with E-state index in [1.807, 2.05) is 6.07 Å². The van der Waals surface area contributed by atoms with Gasteiger partial charge in [-0.2, -0.15) is 18.3 Å². The number of benzene rings is 2. The van der Waals surface area contributed by atoms with Crippen molar-refractivity contribution in [3.05, 3.63) is 70.4 Å². The lowest BCUT2D eigenvalue weighted by molar-refractivity contribution is -0.137. The molecule has 252 valence electrons. The Labute approximate surface area is 276 Å². The van der Waals surface area contributed by atoms with Crippen LogP contribution in [0.15, 0.2) is 53.5 Å². The highest BCUT2D eigenvalue weighted by molar-refractivity contribution is 6.33. The van der Waals surface area contributed by atoms with Gasteiger partial charge in [0, 0.05) is 30.3 Å². The molecule has 1 saturated heterocycles. The lowest BCUT2D eigenvalue weighted by Crippen LogP contribution is -2.47. The van der Waals surface area contributed by atoms with Gasteiger partial charge in [0.1, 0.15) is 18.4 Å². The predicted octanol–water partition coefficient (Wildman–Crippen LogP) is 5.37. The van der Waals surface area contributed by atoms with Gasteiger partial charge >= 0.3 is 6.18 Å². The Hall–Kier alpha value is -4.26. The summed E-state index contributed by atoms with van der Waals surface area (Å²) in [5, 5.41) is 10.7. The lowest BCUT2D eigenvalue weighted by Gasteiger charge is -2.32. The zero-order valence-corrected chi connectivity index (χ0v) is 26.6. The fourth-order valence-electron chi connectivity index (χ4n) is 6.24. The SMILES string of the molecule is NC(N)=N[C@@H](C(=O)NCC(=O)N1CCC(c2cc(-c3ccc(OCc4ccc(C(F)(F)F)cc4)cc3Cl)n[nH]2)CC1)C1CCCCC1. The molecule has 2 aliphatic rings. The van der Waals surface area contributed by atoms with Gasteiger partial charge in [0.25, 0.3) is 0 Å². The van der Waals surface area contributed by atoms with Gasteiger partial charge in [-0.1, -0.05) is 43.0 Å². The largest absolute Gasteiger partial charge is 0.489 e. The number of hydrogen-bond acceptors (Lipinski definition) is 5. The third-order valence-corrected chi connectivity index (χ3v) is 9.17. The zero-order valence-electron chi connectivity index (χ0n) is 25.9. The van der Waals surface area contributed by atoms with Crippen molar-refractivity contribution in [3.63, 3.8) is 0 Å². The minimum absolute atomic E-state index is 0.0676. The first-order valence-electron chi connectivity index (χ1n) is 15.8. The topological polar surface area (TPSA) is 152 Å². The van der Waals surface area contributed by atoms with Crippen LogP contribution in [0.5, 0.6) is 5.75 Å². The predicted molar refractivity (Wildman–Crippen MR) is 173 cm³/mol. The Morgan fingerprint density at radius 1 is 1.04 bits per heavy atom. The number of rotatable bonds is 10. The maximum absolute atomic E-state index is 12.9. The molecule has 2 amide bonds. The van der Waals surface area contributed by atoms with Gasteiger partial charge in [-0.05, 0) is 73.6 Å². The van der Waals surface area contributed by atoms with Crippen LogP contribution >= 0.6 is 11.6 Å². The summed E-state index contributed by atoms with van der Waals surface area (Å²) in [6.07, 6.45) is 2.03. The summed E-state index contributed by atoms with van der Waals surface area (Å²) >= 11 is 6.55. The van der Waals surface area contributed by atoms with E-state index in [1.165, 1.54) is 12.1 Å². The van der Waals surface area contributed by atoms with E-state index in [2.05, 4.69) is 20.5 Å².